The highest BCUT2D eigenvalue weighted by molar-refractivity contribution is 7.09. The average molecular weight is 253 g/mol. The molecule has 2 atom stereocenters. The number of thiophene rings is 1. The predicted octanol–water partition coefficient (Wildman–Crippen LogP) is 2.73. The molecule has 2 rings (SSSR count). The highest BCUT2D eigenvalue weighted by atomic mass is 32.1. The molecule has 1 aromatic rings. The summed E-state index contributed by atoms with van der Waals surface area (Å²) in [4.78, 5) is 12.4. The van der Waals surface area contributed by atoms with Crippen LogP contribution in [-0.2, 0) is 11.3 Å². The van der Waals surface area contributed by atoms with Gasteiger partial charge in [0.15, 0.2) is 0 Å². The second-order valence-electron chi connectivity index (χ2n) is 4.70. The Morgan fingerprint density at radius 3 is 3.00 bits per heavy atom. The Balaban J connectivity index is 1.78. The summed E-state index contributed by atoms with van der Waals surface area (Å²) in [6.07, 6.45) is 4.14. The quantitative estimate of drug-likeness (QED) is 0.848. The van der Waals surface area contributed by atoms with E-state index in [1.165, 1.54) is 11.3 Å². The van der Waals surface area contributed by atoms with Gasteiger partial charge in [-0.2, -0.15) is 0 Å². The second kappa shape index (κ2) is 6.17. The molecule has 2 unspecified atom stereocenters. The number of carbonyl (C=O) groups is 1. The van der Waals surface area contributed by atoms with Crippen LogP contribution in [0.3, 0.4) is 0 Å². The normalized spacial score (nSPS) is 24.7. The number of carboxylic acid groups (broad SMARTS) is 1. The molecule has 1 heterocycles. The molecule has 0 radical (unpaired) electrons. The number of nitrogens with one attached hydrogen (secondary N) is 1. The topological polar surface area (TPSA) is 49.3 Å². The van der Waals surface area contributed by atoms with Gasteiger partial charge in [-0.1, -0.05) is 18.9 Å². The van der Waals surface area contributed by atoms with E-state index in [9.17, 15) is 4.79 Å². The van der Waals surface area contributed by atoms with Crippen LogP contribution in [-0.4, -0.2) is 17.6 Å². The van der Waals surface area contributed by atoms with E-state index in [-0.39, 0.29) is 5.92 Å². The molecule has 1 saturated carbocycles. The molecular weight excluding hydrogens is 234 g/mol. The Bertz CT molecular complexity index is 350. The van der Waals surface area contributed by atoms with Crippen LogP contribution in [0.5, 0.6) is 0 Å². The van der Waals surface area contributed by atoms with Crippen molar-refractivity contribution in [2.75, 3.05) is 6.54 Å². The summed E-state index contributed by atoms with van der Waals surface area (Å²) in [5, 5.41) is 14.6. The Morgan fingerprint density at radius 2 is 2.29 bits per heavy atom. The maximum atomic E-state index is 11.1. The first-order valence-electron chi connectivity index (χ1n) is 6.23. The van der Waals surface area contributed by atoms with Crippen molar-refractivity contribution in [3.63, 3.8) is 0 Å². The van der Waals surface area contributed by atoms with E-state index < -0.39 is 5.97 Å². The molecule has 1 aromatic heterocycles. The SMILES string of the molecule is O=C(O)C1CCCCC1CNCc1cccs1. The molecule has 0 aliphatic heterocycles. The smallest absolute Gasteiger partial charge is 0.306 e. The highest BCUT2D eigenvalue weighted by Crippen LogP contribution is 2.29. The van der Waals surface area contributed by atoms with E-state index in [0.29, 0.717) is 5.92 Å². The van der Waals surface area contributed by atoms with Crippen LogP contribution in [0.2, 0.25) is 0 Å². The van der Waals surface area contributed by atoms with Gasteiger partial charge in [0.25, 0.3) is 0 Å². The van der Waals surface area contributed by atoms with E-state index in [0.717, 1.165) is 32.4 Å². The molecule has 1 aliphatic carbocycles. The molecule has 0 amide bonds. The standard InChI is InChI=1S/C13H19NO2S/c15-13(16)12-6-2-1-4-10(12)8-14-9-11-5-3-7-17-11/h3,5,7,10,12,14H,1-2,4,6,8-9H2,(H,15,16). The highest BCUT2D eigenvalue weighted by Gasteiger charge is 2.30. The van der Waals surface area contributed by atoms with E-state index in [4.69, 9.17) is 5.11 Å². The number of rotatable bonds is 5. The summed E-state index contributed by atoms with van der Waals surface area (Å²) < 4.78 is 0. The van der Waals surface area contributed by atoms with Crippen LogP contribution < -0.4 is 5.32 Å². The molecule has 2 N–H and O–H groups in total. The Labute approximate surface area is 106 Å². The van der Waals surface area contributed by atoms with Crippen molar-refractivity contribution in [3.8, 4) is 0 Å². The lowest BCUT2D eigenvalue weighted by Crippen LogP contribution is -2.34. The van der Waals surface area contributed by atoms with Crippen LogP contribution in [0, 0.1) is 11.8 Å². The summed E-state index contributed by atoms with van der Waals surface area (Å²) in [7, 11) is 0. The molecule has 17 heavy (non-hydrogen) atoms. The van der Waals surface area contributed by atoms with Gasteiger partial charge in [-0.15, -0.1) is 11.3 Å². The number of hydrogen-bond acceptors (Lipinski definition) is 3. The van der Waals surface area contributed by atoms with E-state index in [1.807, 2.05) is 6.07 Å². The van der Waals surface area contributed by atoms with Crippen LogP contribution in [0.25, 0.3) is 0 Å². The summed E-state index contributed by atoms with van der Waals surface area (Å²) in [6, 6.07) is 4.15. The monoisotopic (exact) mass is 253 g/mol. The fourth-order valence-electron chi connectivity index (χ4n) is 2.57. The van der Waals surface area contributed by atoms with Crippen molar-refractivity contribution in [2.24, 2.45) is 11.8 Å². The van der Waals surface area contributed by atoms with Gasteiger partial charge in [-0.3, -0.25) is 4.79 Å². The van der Waals surface area contributed by atoms with Crippen molar-refractivity contribution in [1.29, 1.82) is 0 Å². The van der Waals surface area contributed by atoms with Crippen molar-refractivity contribution in [2.45, 2.75) is 32.2 Å². The van der Waals surface area contributed by atoms with E-state index in [2.05, 4.69) is 16.8 Å². The van der Waals surface area contributed by atoms with Gasteiger partial charge in [0.2, 0.25) is 0 Å². The second-order valence-corrected chi connectivity index (χ2v) is 5.73. The molecule has 1 fully saturated rings. The zero-order valence-corrected chi connectivity index (χ0v) is 10.7. The van der Waals surface area contributed by atoms with Gasteiger partial charge >= 0.3 is 5.97 Å². The van der Waals surface area contributed by atoms with Gasteiger partial charge in [-0.25, -0.2) is 0 Å². The van der Waals surface area contributed by atoms with Gasteiger partial charge in [0, 0.05) is 11.4 Å². The number of aliphatic carboxylic acids is 1. The Hall–Kier alpha value is -0.870. The predicted molar refractivity (Wildman–Crippen MR) is 69.1 cm³/mol. The largest absolute Gasteiger partial charge is 0.481 e. The zero-order valence-electron chi connectivity index (χ0n) is 9.89. The molecular formula is C13H19NO2S. The lowest BCUT2D eigenvalue weighted by atomic mass is 9.79. The minimum Gasteiger partial charge on any atom is -0.481 e. The molecule has 0 saturated heterocycles. The van der Waals surface area contributed by atoms with Crippen molar-refractivity contribution < 1.29 is 9.90 Å². The minimum atomic E-state index is -0.618. The first kappa shape index (κ1) is 12.6. The molecule has 1 aliphatic rings. The van der Waals surface area contributed by atoms with Crippen LogP contribution in [0.15, 0.2) is 17.5 Å². The number of carboxylic acids is 1. The maximum Gasteiger partial charge on any atom is 0.306 e. The van der Waals surface area contributed by atoms with Gasteiger partial charge in [0.05, 0.1) is 5.92 Å². The Kier molecular flexibility index (Phi) is 4.57. The summed E-state index contributed by atoms with van der Waals surface area (Å²) in [6.45, 7) is 1.69. The van der Waals surface area contributed by atoms with Crippen LogP contribution >= 0.6 is 11.3 Å². The molecule has 0 spiro atoms. The summed E-state index contributed by atoms with van der Waals surface area (Å²) >= 11 is 1.74. The molecule has 0 bridgehead atoms. The summed E-state index contributed by atoms with van der Waals surface area (Å²) in [5.74, 6) is -0.451. The maximum absolute atomic E-state index is 11.1. The third kappa shape index (κ3) is 3.54. The van der Waals surface area contributed by atoms with Crippen molar-refractivity contribution in [3.05, 3.63) is 22.4 Å². The van der Waals surface area contributed by atoms with Crippen LogP contribution in [0.4, 0.5) is 0 Å². The lowest BCUT2D eigenvalue weighted by molar-refractivity contribution is -0.144. The van der Waals surface area contributed by atoms with E-state index in [1.54, 1.807) is 11.3 Å². The van der Waals surface area contributed by atoms with Crippen LogP contribution in [0.1, 0.15) is 30.6 Å². The Morgan fingerprint density at radius 1 is 1.47 bits per heavy atom. The van der Waals surface area contributed by atoms with E-state index >= 15 is 0 Å². The zero-order chi connectivity index (χ0) is 12.1. The van der Waals surface area contributed by atoms with Gasteiger partial charge in [0.1, 0.15) is 0 Å². The third-order valence-electron chi connectivity index (χ3n) is 3.51. The lowest BCUT2D eigenvalue weighted by Gasteiger charge is -2.28. The van der Waals surface area contributed by atoms with Crippen molar-refractivity contribution >= 4 is 17.3 Å². The molecule has 3 nitrogen and oxygen atoms in total. The molecule has 0 aromatic carbocycles. The number of hydrogen-bond donors (Lipinski definition) is 2. The summed E-state index contributed by atoms with van der Waals surface area (Å²) in [5.41, 5.74) is 0. The fourth-order valence-corrected chi connectivity index (χ4v) is 3.25. The van der Waals surface area contributed by atoms with Crippen molar-refractivity contribution in [1.82, 2.24) is 5.32 Å². The molecule has 94 valence electrons. The van der Waals surface area contributed by atoms with Gasteiger partial charge in [-0.05, 0) is 36.8 Å². The first-order valence-corrected chi connectivity index (χ1v) is 7.11. The minimum absolute atomic E-state index is 0.139. The molecule has 4 heteroatoms. The van der Waals surface area contributed by atoms with Gasteiger partial charge < -0.3 is 10.4 Å². The third-order valence-corrected chi connectivity index (χ3v) is 4.39. The first-order chi connectivity index (χ1) is 8.27. The fraction of sp³-hybridized carbons (Fsp3) is 0.615. The average Bonchev–Trinajstić information content (AvgIpc) is 2.82.